The number of carbonyl (C=O) groups excluding carboxylic acids is 1. The molecule has 1 atom stereocenters. The fourth-order valence-corrected chi connectivity index (χ4v) is 3.59. The molecule has 0 aliphatic carbocycles. The Labute approximate surface area is 143 Å². The molecule has 7 heteroatoms. The molecule has 0 saturated carbocycles. The first-order valence-electron chi connectivity index (χ1n) is 6.97. The van der Waals surface area contributed by atoms with E-state index in [-0.39, 0.29) is 36.8 Å². The van der Waals surface area contributed by atoms with Gasteiger partial charge in [0, 0.05) is 32.1 Å². The zero-order valence-electron chi connectivity index (χ0n) is 13.0. The Morgan fingerprint density at radius 3 is 2.71 bits per heavy atom. The molecule has 122 valence electrons. The second-order valence-electron chi connectivity index (χ2n) is 5.67. The number of rotatable bonds is 3. The molecular formula is C14H25Cl2N3OS. The number of halogens is 2. The highest BCUT2D eigenvalue weighted by Crippen LogP contribution is 2.23. The molecule has 4 nitrogen and oxygen atoms in total. The number of carbonyl (C=O) groups is 1. The molecule has 1 fully saturated rings. The number of nitrogens with zero attached hydrogens (tertiary/aromatic N) is 2. The highest BCUT2D eigenvalue weighted by molar-refractivity contribution is 7.13. The van der Waals surface area contributed by atoms with Crippen LogP contribution in [-0.4, -0.2) is 41.5 Å². The van der Waals surface area contributed by atoms with Crippen molar-refractivity contribution in [3.05, 3.63) is 15.6 Å². The SMILES string of the molecule is Cc1nc(CC(C)C)sc1C(=O)N1CCNC[C@@H]1C.Cl.Cl. The Bertz CT molecular complexity index is 465. The molecule has 0 spiro atoms. The second-order valence-corrected chi connectivity index (χ2v) is 6.76. The van der Waals surface area contributed by atoms with E-state index in [9.17, 15) is 4.79 Å². The summed E-state index contributed by atoms with van der Waals surface area (Å²) in [5.41, 5.74) is 0.886. The Kier molecular flexibility index (Phi) is 8.78. The van der Waals surface area contributed by atoms with E-state index < -0.39 is 0 Å². The first kappa shape index (κ1) is 20.6. The molecule has 21 heavy (non-hydrogen) atoms. The molecule has 0 unspecified atom stereocenters. The smallest absolute Gasteiger partial charge is 0.266 e. The minimum atomic E-state index is 0. The van der Waals surface area contributed by atoms with Crippen LogP contribution in [0.1, 0.15) is 41.1 Å². The molecule has 2 rings (SSSR count). The third-order valence-electron chi connectivity index (χ3n) is 3.38. The van der Waals surface area contributed by atoms with Crippen molar-refractivity contribution in [3.63, 3.8) is 0 Å². The Morgan fingerprint density at radius 1 is 1.48 bits per heavy atom. The molecule has 1 aliphatic heterocycles. The summed E-state index contributed by atoms with van der Waals surface area (Å²) in [6.45, 7) is 10.9. The summed E-state index contributed by atoms with van der Waals surface area (Å²) in [6, 6.07) is 0.260. The lowest BCUT2D eigenvalue weighted by Gasteiger charge is -2.33. The molecule has 0 bridgehead atoms. The van der Waals surface area contributed by atoms with Gasteiger partial charge in [-0.25, -0.2) is 4.98 Å². The van der Waals surface area contributed by atoms with Crippen LogP contribution in [0, 0.1) is 12.8 Å². The van der Waals surface area contributed by atoms with Gasteiger partial charge in [0.1, 0.15) is 4.88 Å². The second kappa shape index (κ2) is 8.93. The number of aryl methyl sites for hydroxylation is 1. The molecule has 0 aromatic carbocycles. The summed E-state index contributed by atoms with van der Waals surface area (Å²) in [5.74, 6) is 0.727. The van der Waals surface area contributed by atoms with E-state index in [0.29, 0.717) is 5.92 Å². The minimum absolute atomic E-state index is 0. The van der Waals surface area contributed by atoms with E-state index in [1.54, 1.807) is 11.3 Å². The predicted octanol–water partition coefficient (Wildman–Crippen LogP) is 2.93. The average molecular weight is 354 g/mol. The van der Waals surface area contributed by atoms with Crippen LogP contribution in [0.4, 0.5) is 0 Å². The Morgan fingerprint density at radius 2 is 2.14 bits per heavy atom. The van der Waals surface area contributed by atoms with Crippen LogP contribution in [0.2, 0.25) is 0 Å². The molecule has 1 N–H and O–H groups in total. The number of hydrogen-bond acceptors (Lipinski definition) is 4. The monoisotopic (exact) mass is 353 g/mol. The molecule has 1 aromatic heterocycles. The van der Waals surface area contributed by atoms with Gasteiger partial charge in [0.15, 0.2) is 0 Å². The van der Waals surface area contributed by atoms with Gasteiger partial charge < -0.3 is 10.2 Å². The normalized spacial score (nSPS) is 18.1. The summed E-state index contributed by atoms with van der Waals surface area (Å²) in [4.78, 5) is 19.9. The van der Waals surface area contributed by atoms with Gasteiger partial charge >= 0.3 is 0 Å². The van der Waals surface area contributed by atoms with Gasteiger partial charge in [-0.2, -0.15) is 0 Å². The number of piperazine rings is 1. The van der Waals surface area contributed by atoms with Gasteiger partial charge in [0.25, 0.3) is 5.91 Å². The van der Waals surface area contributed by atoms with Gasteiger partial charge in [0.05, 0.1) is 10.7 Å². The van der Waals surface area contributed by atoms with E-state index in [0.717, 1.165) is 41.6 Å². The Balaban J connectivity index is 0.00000200. The molecule has 2 heterocycles. The van der Waals surface area contributed by atoms with Gasteiger partial charge in [-0.05, 0) is 19.8 Å². The van der Waals surface area contributed by atoms with E-state index in [4.69, 9.17) is 0 Å². The quantitative estimate of drug-likeness (QED) is 0.908. The largest absolute Gasteiger partial charge is 0.333 e. The molecule has 1 aromatic rings. The highest BCUT2D eigenvalue weighted by Gasteiger charge is 2.27. The van der Waals surface area contributed by atoms with Crippen LogP contribution in [0.5, 0.6) is 0 Å². The highest BCUT2D eigenvalue weighted by atomic mass is 35.5. The van der Waals surface area contributed by atoms with Crippen molar-refractivity contribution < 1.29 is 4.79 Å². The molecule has 1 saturated heterocycles. The Hall–Kier alpha value is -0.360. The molecule has 1 aliphatic rings. The maximum atomic E-state index is 12.6. The van der Waals surface area contributed by atoms with Crippen molar-refractivity contribution >= 4 is 42.1 Å². The molecule has 0 radical (unpaired) electrons. The van der Waals surface area contributed by atoms with Gasteiger partial charge in [0.2, 0.25) is 0 Å². The van der Waals surface area contributed by atoms with Crippen LogP contribution >= 0.6 is 36.2 Å². The molecule has 1 amide bonds. The number of thiazole rings is 1. The predicted molar refractivity (Wildman–Crippen MR) is 93.3 cm³/mol. The van der Waals surface area contributed by atoms with Crippen LogP contribution < -0.4 is 5.32 Å². The van der Waals surface area contributed by atoms with Crippen molar-refractivity contribution in [2.24, 2.45) is 5.92 Å². The number of amides is 1. The first-order chi connectivity index (χ1) is 8.99. The van der Waals surface area contributed by atoms with Crippen LogP contribution in [0.15, 0.2) is 0 Å². The third-order valence-corrected chi connectivity index (χ3v) is 4.55. The number of aromatic nitrogens is 1. The van der Waals surface area contributed by atoms with Crippen molar-refractivity contribution in [2.45, 2.75) is 40.2 Å². The maximum absolute atomic E-state index is 12.6. The third kappa shape index (κ3) is 5.09. The van der Waals surface area contributed by atoms with Crippen LogP contribution in [-0.2, 0) is 6.42 Å². The lowest BCUT2D eigenvalue weighted by molar-refractivity contribution is 0.0660. The number of hydrogen-bond donors (Lipinski definition) is 1. The summed E-state index contributed by atoms with van der Waals surface area (Å²) in [5, 5.41) is 4.39. The van der Waals surface area contributed by atoms with E-state index >= 15 is 0 Å². The van der Waals surface area contributed by atoms with Crippen LogP contribution in [0.3, 0.4) is 0 Å². The standard InChI is InChI=1S/C14H23N3OS.2ClH/c1-9(2)7-12-16-11(4)13(19-12)14(18)17-6-5-15-8-10(17)3;;/h9-10,15H,5-8H2,1-4H3;2*1H/t10-;;/m0../s1. The van der Waals surface area contributed by atoms with Gasteiger partial charge in [-0.3, -0.25) is 4.79 Å². The summed E-state index contributed by atoms with van der Waals surface area (Å²) < 4.78 is 0. The van der Waals surface area contributed by atoms with Crippen molar-refractivity contribution in [1.82, 2.24) is 15.2 Å². The van der Waals surface area contributed by atoms with E-state index in [1.807, 2.05) is 11.8 Å². The van der Waals surface area contributed by atoms with Gasteiger partial charge in [-0.15, -0.1) is 36.2 Å². The minimum Gasteiger partial charge on any atom is -0.333 e. The maximum Gasteiger partial charge on any atom is 0.266 e. The summed E-state index contributed by atoms with van der Waals surface area (Å²) in [6.07, 6.45) is 0.954. The zero-order valence-corrected chi connectivity index (χ0v) is 15.5. The van der Waals surface area contributed by atoms with Crippen molar-refractivity contribution in [1.29, 1.82) is 0 Å². The topological polar surface area (TPSA) is 45.2 Å². The summed E-state index contributed by atoms with van der Waals surface area (Å²) in [7, 11) is 0. The first-order valence-corrected chi connectivity index (χ1v) is 7.78. The van der Waals surface area contributed by atoms with Crippen LogP contribution in [0.25, 0.3) is 0 Å². The lowest BCUT2D eigenvalue weighted by atomic mass is 10.1. The van der Waals surface area contributed by atoms with Crippen molar-refractivity contribution in [2.75, 3.05) is 19.6 Å². The lowest BCUT2D eigenvalue weighted by Crippen LogP contribution is -2.52. The molecular weight excluding hydrogens is 329 g/mol. The zero-order chi connectivity index (χ0) is 14.0. The number of nitrogens with one attached hydrogen (secondary N) is 1. The van der Waals surface area contributed by atoms with Gasteiger partial charge in [-0.1, -0.05) is 13.8 Å². The van der Waals surface area contributed by atoms with E-state index in [2.05, 4.69) is 31.1 Å². The fourth-order valence-electron chi connectivity index (χ4n) is 2.36. The van der Waals surface area contributed by atoms with E-state index in [1.165, 1.54) is 0 Å². The van der Waals surface area contributed by atoms with Crippen molar-refractivity contribution in [3.8, 4) is 0 Å². The fraction of sp³-hybridized carbons (Fsp3) is 0.714. The summed E-state index contributed by atoms with van der Waals surface area (Å²) >= 11 is 1.57. The average Bonchev–Trinajstić information content (AvgIpc) is 2.69.